The number of hydrogen-bond acceptors (Lipinski definition) is 1. The minimum absolute atomic E-state index is 0.0678. The highest BCUT2D eigenvalue weighted by atomic mass is 35.5. The van der Waals surface area contributed by atoms with Crippen LogP contribution in [0.4, 0.5) is 0 Å². The molecule has 1 aromatic rings. The maximum atomic E-state index is 6.55. The Morgan fingerprint density at radius 2 is 2.10 bits per heavy atom. The summed E-state index contributed by atoms with van der Waals surface area (Å²) in [5.41, 5.74) is 5.08. The van der Waals surface area contributed by atoms with Gasteiger partial charge in [0.1, 0.15) is 4.33 Å². The molecule has 4 rings (SSSR count). The topological polar surface area (TPSA) is 12.9 Å². The number of halogens is 3. The third-order valence-corrected chi connectivity index (χ3v) is 7.19. The molecule has 0 aliphatic heterocycles. The van der Waals surface area contributed by atoms with Crippen molar-refractivity contribution in [1.29, 1.82) is 0 Å². The van der Waals surface area contributed by atoms with Gasteiger partial charge in [0.05, 0.1) is 5.38 Å². The van der Waals surface area contributed by atoms with E-state index < -0.39 is 4.33 Å². The lowest BCUT2D eigenvalue weighted by Gasteiger charge is -2.47. The zero-order chi connectivity index (χ0) is 14.3. The molecule has 1 heterocycles. The van der Waals surface area contributed by atoms with Crippen LogP contribution < -0.4 is 0 Å². The van der Waals surface area contributed by atoms with Crippen molar-refractivity contribution in [3.8, 4) is 0 Å². The first-order valence-corrected chi connectivity index (χ1v) is 8.72. The van der Waals surface area contributed by atoms with E-state index in [0.29, 0.717) is 5.92 Å². The molecular weight excluding hydrogens is 313 g/mol. The number of aromatic nitrogens is 1. The van der Waals surface area contributed by atoms with E-state index in [9.17, 15) is 0 Å². The molecule has 0 bridgehead atoms. The maximum absolute atomic E-state index is 6.55. The number of nitrogens with zero attached hydrogens (tertiary/aromatic N) is 1. The Balaban J connectivity index is 1.83. The Bertz CT molecular complexity index is 598. The minimum atomic E-state index is -0.660. The van der Waals surface area contributed by atoms with E-state index in [1.807, 2.05) is 0 Å². The Kier molecular flexibility index (Phi) is 2.77. The van der Waals surface area contributed by atoms with E-state index in [0.717, 1.165) is 25.7 Å². The van der Waals surface area contributed by atoms with Crippen LogP contribution in [0.5, 0.6) is 0 Å². The van der Waals surface area contributed by atoms with Crippen molar-refractivity contribution in [2.24, 2.45) is 5.41 Å². The summed E-state index contributed by atoms with van der Waals surface area (Å²) in [5, 5.41) is 0.0678. The summed E-state index contributed by atoms with van der Waals surface area (Å²) < 4.78 is -0.660. The molecule has 0 unspecified atom stereocenters. The number of fused-ring (bicyclic) bond motifs is 3. The van der Waals surface area contributed by atoms with Gasteiger partial charge < -0.3 is 0 Å². The third-order valence-electron chi connectivity index (χ3n) is 5.61. The number of alkyl halides is 3. The summed E-state index contributed by atoms with van der Waals surface area (Å²) >= 11 is 19.5. The normalized spacial score (nSPS) is 38.8. The molecule has 4 heteroatoms. The first-order chi connectivity index (χ1) is 9.49. The fourth-order valence-electron chi connectivity index (χ4n) is 4.57. The zero-order valence-electron chi connectivity index (χ0n) is 11.7. The monoisotopic (exact) mass is 329 g/mol. The summed E-state index contributed by atoms with van der Waals surface area (Å²) in [6.45, 7) is 4.40. The van der Waals surface area contributed by atoms with Gasteiger partial charge >= 0.3 is 0 Å². The van der Waals surface area contributed by atoms with Crippen LogP contribution in [-0.4, -0.2) is 14.7 Å². The Morgan fingerprint density at radius 1 is 1.35 bits per heavy atom. The molecule has 3 aliphatic rings. The van der Waals surface area contributed by atoms with Crippen molar-refractivity contribution in [2.75, 3.05) is 0 Å². The van der Waals surface area contributed by atoms with Crippen molar-refractivity contribution >= 4 is 34.8 Å². The number of aryl methyl sites for hydroxylation is 2. The van der Waals surface area contributed by atoms with Crippen molar-refractivity contribution in [1.82, 2.24) is 4.98 Å². The molecule has 1 spiro atoms. The van der Waals surface area contributed by atoms with Crippen LogP contribution in [0.2, 0.25) is 0 Å². The third kappa shape index (κ3) is 1.31. The Hall–Kier alpha value is 0.0200. The summed E-state index contributed by atoms with van der Waals surface area (Å²) in [5.74, 6) is 0.697. The summed E-state index contributed by atoms with van der Waals surface area (Å²) in [6, 6.07) is 2.36. The van der Waals surface area contributed by atoms with Gasteiger partial charge in [-0.1, -0.05) is 26.3 Å². The highest BCUT2D eigenvalue weighted by molar-refractivity contribution is 6.51. The fourth-order valence-corrected chi connectivity index (χ4v) is 6.46. The average Bonchev–Trinajstić information content (AvgIpc) is 2.97. The first kappa shape index (κ1) is 13.7. The lowest BCUT2D eigenvalue weighted by Crippen LogP contribution is -2.47. The summed E-state index contributed by atoms with van der Waals surface area (Å²) in [4.78, 5) is 4.99. The molecule has 0 amide bonds. The van der Waals surface area contributed by atoms with Gasteiger partial charge in [-0.25, -0.2) is 0 Å². The molecule has 3 aliphatic carbocycles. The highest BCUT2D eigenvalue weighted by Gasteiger charge is 2.87. The SMILES string of the molecule is CCCc1nc2c(cc1CC)[C@H]1CC(Cl)(Cl)[C@]13[C@H](Cl)[C@H]23. The van der Waals surface area contributed by atoms with Gasteiger partial charge in [0, 0.05) is 22.7 Å². The molecule has 2 saturated carbocycles. The lowest BCUT2D eigenvalue weighted by molar-refractivity contribution is 0.212. The van der Waals surface area contributed by atoms with Crippen molar-refractivity contribution in [3.05, 3.63) is 28.6 Å². The van der Waals surface area contributed by atoms with Gasteiger partial charge in [0.2, 0.25) is 0 Å². The van der Waals surface area contributed by atoms with E-state index in [-0.39, 0.29) is 16.7 Å². The van der Waals surface area contributed by atoms with Crippen LogP contribution >= 0.6 is 34.8 Å². The molecule has 20 heavy (non-hydrogen) atoms. The Labute approximate surface area is 135 Å². The smallest absolute Gasteiger partial charge is 0.127 e. The molecule has 0 saturated heterocycles. The fraction of sp³-hybridized carbons (Fsp3) is 0.688. The molecule has 4 atom stereocenters. The molecule has 0 N–H and O–H groups in total. The minimum Gasteiger partial charge on any atom is -0.257 e. The maximum Gasteiger partial charge on any atom is 0.127 e. The Morgan fingerprint density at radius 3 is 2.70 bits per heavy atom. The van der Waals surface area contributed by atoms with Crippen molar-refractivity contribution < 1.29 is 0 Å². The van der Waals surface area contributed by atoms with E-state index in [1.165, 1.54) is 22.5 Å². The van der Waals surface area contributed by atoms with Gasteiger partial charge in [0.15, 0.2) is 0 Å². The average molecular weight is 331 g/mol. The summed E-state index contributed by atoms with van der Waals surface area (Å²) in [7, 11) is 0. The van der Waals surface area contributed by atoms with E-state index in [1.54, 1.807) is 0 Å². The zero-order valence-corrected chi connectivity index (χ0v) is 14.0. The molecular formula is C16H18Cl3N. The van der Waals surface area contributed by atoms with Crippen LogP contribution in [0.3, 0.4) is 0 Å². The lowest BCUT2D eigenvalue weighted by atomic mass is 9.68. The number of pyridine rings is 1. The van der Waals surface area contributed by atoms with Crippen LogP contribution in [0.1, 0.15) is 61.0 Å². The van der Waals surface area contributed by atoms with Crippen molar-refractivity contribution in [2.45, 2.75) is 61.1 Å². The molecule has 2 fully saturated rings. The number of rotatable bonds is 3. The van der Waals surface area contributed by atoms with Crippen LogP contribution in [0.15, 0.2) is 6.07 Å². The van der Waals surface area contributed by atoms with Gasteiger partial charge in [-0.2, -0.15) is 0 Å². The van der Waals surface area contributed by atoms with Gasteiger partial charge in [-0.3, -0.25) is 4.98 Å². The van der Waals surface area contributed by atoms with Gasteiger partial charge in [-0.05, 0) is 36.3 Å². The largest absolute Gasteiger partial charge is 0.257 e. The summed E-state index contributed by atoms with van der Waals surface area (Å²) in [6.07, 6.45) is 4.02. The van der Waals surface area contributed by atoms with E-state index in [4.69, 9.17) is 39.8 Å². The van der Waals surface area contributed by atoms with E-state index >= 15 is 0 Å². The highest BCUT2D eigenvalue weighted by Crippen LogP contribution is 2.88. The van der Waals surface area contributed by atoms with Crippen molar-refractivity contribution in [3.63, 3.8) is 0 Å². The second-order valence-corrected chi connectivity index (χ2v) is 8.40. The number of hydrogen-bond donors (Lipinski definition) is 0. The molecule has 0 aromatic carbocycles. The second-order valence-electron chi connectivity index (χ2n) is 6.45. The van der Waals surface area contributed by atoms with Gasteiger partial charge in [-0.15, -0.1) is 34.8 Å². The molecule has 1 aromatic heterocycles. The molecule has 0 radical (unpaired) electrons. The standard InChI is InChI=1S/C16H18Cl3N/c1-3-5-11-8(4-2)6-9-10-7-15(18,19)16(10)12(14(16)17)13(9)20-11/h6,10,12,14H,3-5,7H2,1-2H3/t10-,12+,14-,16-/m1/s1. The first-order valence-electron chi connectivity index (χ1n) is 7.53. The second kappa shape index (κ2) is 4.06. The predicted octanol–water partition coefficient (Wildman–Crippen LogP) is 4.96. The molecule has 108 valence electrons. The molecule has 1 nitrogen and oxygen atoms in total. The quantitative estimate of drug-likeness (QED) is 0.714. The predicted molar refractivity (Wildman–Crippen MR) is 84.2 cm³/mol. The van der Waals surface area contributed by atoms with Crippen LogP contribution in [0, 0.1) is 5.41 Å². The van der Waals surface area contributed by atoms with Crippen LogP contribution in [-0.2, 0) is 12.8 Å². The van der Waals surface area contributed by atoms with Crippen LogP contribution in [0.25, 0.3) is 0 Å². The van der Waals surface area contributed by atoms with E-state index in [2.05, 4.69) is 19.9 Å². The van der Waals surface area contributed by atoms with Gasteiger partial charge in [0.25, 0.3) is 0 Å².